The number of nitrogens with zero attached hydrogens (tertiary/aromatic N) is 3. The Hall–Kier alpha value is -4.91. The zero-order valence-electron chi connectivity index (χ0n) is 28.8. The molecular weight excluding hydrogens is 727 g/mol. The number of unbranched alkanes of at least 4 members (excludes halogenated alkanes) is 1. The van der Waals surface area contributed by atoms with E-state index >= 15 is 0 Å². The molecule has 0 spiro atoms. The molecule has 0 bridgehead atoms. The van der Waals surface area contributed by atoms with Crippen molar-refractivity contribution >= 4 is 23.9 Å². The van der Waals surface area contributed by atoms with Crippen molar-refractivity contribution in [2.24, 2.45) is 4.52 Å². The first-order valence-corrected chi connectivity index (χ1v) is 21.9. The molecule has 272 valence electrons. The molecule has 1 unspecified atom stereocenters. The second-order valence-electron chi connectivity index (χ2n) is 11.7. The van der Waals surface area contributed by atoms with E-state index in [1.54, 1.807) is 9.21 Å². The van der Waals surface area contributed by atoms with Crippen LogP contribution in [0.2, 0.25) is 0 Å². The van der Waals surface area contributed by atoms with Crippen LogP contribution >= 0.6 is 23.9 Å². The minimum absolute atomic E-state index is 0.0180. The minimum atomic E-state index is -4.02. The molecule has 6 aromatic carbocycles. The van der Waals surface area contributed by atoms with Crippen molar-refractivity contribution in [1.29, 1.82) is 0 Å². The molecule has 1 aliphatic heterocycles. The number of hydrogen-bond donors (Lipinski definition) is 1. The summed E-state index contributed by atoms with van der Waals surface area (Å²) < 4.78 is 37.3. The maximum atomic E-state index is 10.1. The second-order valence-corrected chi connectivity index (χ2v) is 19.0. The van der Waals surface area contributed by atoms with Gasteiger partial charge in [-0.2, -0.15) is 0 Å². The molecule has 0 radical (unpaired) electrons. The van der Waals surface area contributed by atoms with E-state index in [2.05, 4.69) is 0 Å². The fourth-order valence-electron chi connectivity index (χ4n) is 5.43. The monoisotopic (exact) mass is 767 g/mol. The van der Waals surface area contributed by atoms with Crippen molar-refractivity contribution in [2.45, 2.75) is 12.8 Å². The summed E-state index contributed by atoms with van der Waals surface area (Å²) in [6.45, 7) is -0.0180. The van der Waals surface area contributed by atoms with Crippen LogP contribution in [0.25, 0.3) is 0 Å². The van der Waals surface area contributed by atoms with Crippen LogP contribution in [0.1, 0.15) is 12.8 Å². The molecule has 1 heterocycles. The first kappa shape index (κ1) is 36.4. The quantitative estimate of drug-likeness (QED) is 0.0763. The van der Waals surface area contributed by atoms with Crippen LogP contribution in [0, 0.1) is 0 Å². The van der Waals surface area contributed by atoms with E-state index in [4.69, 9.17) is 32.3 Å². The van der Waals surface area contributed by atoms with Crippen molar-refractivity contribution in [2.75, 3.05) is 12.8 Å². The Morgan fingerprint density at radius 2 is 0.925 bits per heavy atom. The molecule has 0 amide bonds. The Morgan fingerprint density at radius 1 is 0.509 bits per heavy atom. The Kier molecular flexibility index (Phi) is 12.2. The molecule has 7 rings (SSSR count). The van der Waals surface area contributed by atoms with Crippen molar-refractivity contribution in [3.05, 3.63) is 182 Å². The molecule has 1 aliphatic rings. The van der Waals surface area contributed by atoms with Gasteiger partial charge in [0.15, 0.2) is 0 Å². The van der Waals surface area contributed by atoms with Crippen molar-refractivity contribution in [3.8, 4) is 34.5 Å². The predicted molar refractivity (Wildman–Crippen MR) is 212 cm³/mol. The topological polar surface area (TPSA) is 94.5 Å². The molecule has 0 fully saturated rings. The van der Waals surface area contributed by atoms with Gasteiger partial charge in [-0.05, 0) is 0 Å². The zero-order chi connectivity index (χ0) is 36.2. The average molecular weight is 768 g/mol. The second kappa shape index (κ2) is 17.7. The van der Waals surface area contributed by atoms with Gasteiger partial charge in [-0.25, -0.2) is 0 Å². The fraction of sp³-hybridized carbons (Fsp3) is 0.100. The van der Waals surface area contributed by atoms with Gasteiger partial charge in [0, 0.05) is 0 Å². The third-order valence-corrected chi connectivity index (χ3v) is 17.7. The van der Waals surface area contributed by atoms with Crippen LogP contribution in [-0.4, -0.2) is 27.1 Å². The van der Waals surface area contributed by atoms with E-state index in [0.29, 0.717) is 53.5 Å². The SMILES string of the molecule is OCCCC[PH]1(Oc2ccccc2)N(Oc2ccccc2)P(Oc2ccccc2)N=P(Oc2ccccc2)(Oc2ccccc2)N1Oc1ccccc1. The van der Waals surface area contributed by atoms with E-state index in [-0.39, 0.29) is 6.61 Å². The van der Waals surface area contributed by atoms with Crippen LogP contribution < -0.4 is 27.8 Å². The molecule has 1 atom stereocenters. The van der Waals surface area contributed by atoms with E-state index in [9.17, 15) is 5.11 Å². The zero-order valence-corrected chi connectivity index (χ0v) is 31.6. The van der Waals surface area contributed by atoms with Crippen molar-refractivity contribution in [1.82, 2.24) is 9.21 Å². The van der Waals surface area contributed by atoms with Crippen LogP contribution in [-0.2, 0) is 0 Å². The van der Waals surface area contributed by atoms with Gasteiger partial charge in [-0.3, -0.25) is 0 Å². The summed E-state index contributed by atoms with van der Waals surface area (Å²) in [6.07, 6.45) is 1.38. The first-order chi connectivity index (χ1) is 26.2. The third kappa shape index (κ3) is 9.01. The molecule has 0 saturated heterocycles. The number of para-hydroxylation sites is 6. The van der Waals surface area contributed by atoms with Gasteiger partial charge < -0.3 is 0 Å². The summed E-state index contributed by atoms with van der Waals surface area (Å²) in [4.78, 5) is 14.0. The summed E-state index contributed by atoms with van der Waals surface area (Å²) in [6, 6.07) is 56.7. The summed E-state index contributed by atoms with van der Waals surface area (Å²) in [5.41, 5.74) is 0. The number of rotatable bonds is 16. The fourth-order valence-corrected chi connectivity index (χ4v) is 16.7. The Morgan fingerprint density at radius 3 is 1.40 bits per heavy atom. The van der Waals surface area contributed by atoms with E-state index in [1.165, 1.54) is 0 Å². The maximum absolute atomic E-state index is 10.1. The van der Waals surface area contributed by atoms with Crippen molar-refractivity contribution < 1.29 is 32.9 Å². The molecule has 53 heavy (non-hydrogen) atoms. The average Bonchev–Trinajstić information content (AvgIpc) is 3.20. The molecule has 13 heteroatoms. The number of aliphatic hydroxyl groups excluding tert-OH is 1. The molecule has 6 aromatic rings. The van der Waals surface area contributed by atoms with Crippen molar-refractivity contribution in [3.63, 3.8) is 0 Å². The van der Waals surface area contributed by atoms with Crippen LogP contribution in [0.3, 0.4) is 0 Å². The summed E-state index contributed by atoms with van der Waals surface area (Å²) in [5.74, 6) is 3.20. The summed E-state index contributed by atoms with van der Waals surface area (Å²) >= 11 is 0. The molecule has 0 aromatic heterocycles. The molecule has 10 nitrogen and oxygen atoms in total. The standard InChI is InChI=1S/C40H40N3O7P3/c44-33-19-20-34-52(48-38-27-13-4-14-28-38)42(45-35-21-7-1-8-22-35)51(47-37-25-11-3-12-26-37)41-53(49-39-29-15-5-16-30-39,50-40-31-17-6-18-32-40)43(52)46-36-23-9-2-10-24-36/h1-18,21-32,44,52H,19-20,33-34H2. The normalized spacial score (nSPS) is 17.0. The van der Waals surface area contributed by atoms with Gasteiger partial charge in [-0.1, -0.05) is 0 Å². The first-order valence-electron chi connectivity index (χ1n) is 17.2. The number of aliphatic hydroxyl groups is 1. The predicted octanol–water partition coefficient (Wildman–Crippen LogP) is 11.3. The Bertz CT molecular complexity index is 2000. The van der Waals surface area contributed by atoms with Gasteiger partial charge in [0.1, 0.15) is 0 Å². The third-order valence-electron chi connectivity index (χ3n) is 7.84. The Labute approximate surface area is 311 Å². The van der Waals surface area contributed by atoms with Crippen LogP contribution in [0.4, 0.5) is 0 Å². The molecular formula is C40H40N3O7P3. The van der Waals surface area contributed by atoms with Crippen LogP contribution in [0.5, 0.6) is 34.5 Å². The van der Waals surface area contributed by atoms with Crippen LogP contribution in [0.15, 0.2) is 187 Å². The number of hydrogen-bond acceptors (Lipinski definition) is 10. The van der Waals surface area contributed by atoms with Gasteiger partial charge >= 0.3 is 313 Å². The van der Waals surface area contributed by atoms with E-state index < -0.39 is 23.9 Å². The summed E-state index contributed by atoms with van der Waals surface area (Å²) in [7, 11) is -10.0. The van der Waals surface area contributed by atoms with Gasteiger partial charge in [-0.15, -0.1) is 0 Å². The van der Waals surface area contributed by atoms with E-state index in [0.717, 1.165) is 0 Å². The molecule has 1 N–H and O–H groups in total. The molecule has 0 saturated carbocycles. The van der Waals surface area contributed by atoms with Gasteiger partial charge in [0.25, 0.3) is 0 Å². The van der Waals surface area contributed by atoms with E-state index in [1.807, 2.05) is 182 Å². The molecule has 0 aliphatic carbocycles. The van der Waals surface area contributed by atoms with Gasteiger partial charge in [0.05, 0.1) is 0 Å². The van der Waals surface area contributed by atoms with Gasteiger partial charge in [0.2, 0.25) is 0 Å². The summed E-state index contributed by atoms with van der Waals surface area (Å²) in [5, 5.41) is 10.1. The number of benzene rings is 6. The Balaban J connectivity index is 1.55.